The fourth-order valence-electron chi connectivity index (χ4n) is 3.72. The minimum Gasteiger partial charge on any atom is -0.357 e. The van der Waals surface area contributed by atoms with E-state index in [1.165, 1.54) is 11.0 Å². The molecule has 1 unspecified atom stereocenters. The first-order valence-corrected chi connectivity index (χ1v) is 10.7. The van der Waals surface area contributed by atoms with Crippen molar-refractivity contribution in [1.82, 2.24) is 10.2 Å². The Morgan fingerprint density at radius 1 is 0.906 bits per heavy atom. The summed E-state index contributed by atoms with van der Waals surface area (Å²) in [4.78, 5) is 27.9. The second-order valence-electron chi connectivity index (χ2n) is 8.03. The fourth-order valence-corrected chi connectivity index (χ4v) is 3.72. The van der Waals surface area contributed by atoms with Gasteiger partial charge < -0.3 is 10.2 Å². The van der Waals surface area contributed by atoms with E-state index in [9.17, 15) is 14.0 Å². The molecule has 0 aromatic heterocycles. The van der Waals surface area contributed by atoms with Crippen molar-refractivity contribution in [3.8, 4) is 0 Å². The molecule has 3 aromatic carbocycles. The number of aryl methyl sites for hydroxylation is 2. The lowest BCUT2D eigenvalue weighted by Crippen LogP contribution is -2.50. The van der Waals surface area contributed by atoms with Crippen molar-refractivity contribution in [2.75, 3.05) is 7.05 Å². The summed E-state index contributed by atoms with van der Waals surface area (Å²) in [5.41, 5.74) is 4.42. The SMILES string of the molecule is CNC(=O)C(Cc1ccccc1)N(Cc1ccccc1F)C(=O)Cc1ccc(C)c(C)c1. The summed E-state index contributed by atoms with van der Waals surface area (Å²) in [6, 6.07) is 21.0. The van der Waals surface area contributed by atoms with Crippen LogP contribution in [0.5, 0.6) is 0 Å². The van der Waals surface area contributed by atoms with E-state index in [0.29, 0.717) is 12.0 Å². The molecule has 3 rings (SSSR count). The van der Waals surface area contributed by atoms with Crippen molar-refractivity contribution in [2.24, 2.45) is 0 Å². The number of carbonyl (C=O) groups excluding carboxylic acids is 2. The van der Waals surface area contributed by atoms with E-state index in [0.717, 1.165) is 22.3 Å². The fraction of sp³-hybridized carbons (Fsp3) is 0.259. The molecule has 2 amide bonds. The van der Waals surface area contributed by atoms with E-state index >= 15 is 0 Å². The van der Waals surface area contributed by atoms with Gasteiger partial charge >= 0.3 is 0 Å². The van der Waals surface area contributed by atoms with Crippen molar-refractivity contribution in [1.29, 1.82) is 0 Å². The quantitative estimate of drug-likeness (QED) is 0.575. The summed E-state index contributed by atoms with van der Waals surface area (Å²) < 4.78 is 14.5. The highest BCUT2D eigenvalue weighted by atomic mass is 19.1. The van der Waals surface area contributed by atoms with Gasteiger partial charge in [0.2, 0.25) is 11.8 Å². The molecule has 0 bridgehead atoms. The van der Waals surface area contributed by atoms with Crippen LogP contribution in [0.15, 0.2) is 72.8 Å². The lowest BCUT2D eigenvalue weighted by molar-refractivity contribution is -0.140. The summed E-state index contributed by atoms with van der Waals surface area (Å²) in [7, 11) is 1.55. The van der Waals surface area contributed by atoms with Crippen molar-refractivity contribution in [3.05, 3.63) is 106 Å². The second kappa shape index (κ2) is 10.7. The molecule has 1 atom stereocenters. The Labute approximate surface area is 189 Å². The van der Waals surface area contributed by atoms with Gasteiger partial charge in [-0.15, -0.1) is 0 Å². The number of hydrogen-bond donors (Lipinski definition) is 1. The minimum atomic E-state index is -0.763. The second-order valence-corrected chi connectivity index (χ2v) is 8.03. The number of halogens is 1. The van der Waals surface area contributed by atoms with Crippen LogP contribution in [0.3, 0.4) is 0 Å². The van der Waals surface area contributed by atoms with Gasteiger partial charge in [0, 0.05) is 25.6 Å². The van der Waals surface area contributed by atoms with Crippen molar-refractivity contribution in [2.45, 2.75) is 39.3 Å². The standard InChI is InChI=1S/C27H29FN2O2/c1-19-13-14-22(15-20(19)2)17-26(31)30(18-23-11-7-8-12-24(23)28)25(27(32)29-3)16-21-9-5-4-6-10-21/h4-15,25H,16-18H2,1-3H3,(H,29,32). The van der Waals surface area contributed by atoms with Gasteiger partial charge in [0.05, 0.1) is 6.42 Å². The molecule has 0 radical (unpaired) electrons. The van der Waals surface area contributed by atoms with Gasteiger partial charge in [0.1, 0.15) is 11.9 Å². The average Bonchev–Trinajstić information content (AvgIpc) is 2.80. The summed E-state index contributed by atoms with van der Waals surface area (Å²) >= 11 is 0. The molecular formula is C27H29FN2O2. The first-order chi connectivity index (χ1) is 15.4. The number of benzene rings is 3. The van der Waals surface area contributed by atoms with E-state index in [1.54, 1.807) is 25.2 Å². The molecular weight excluding hydrogens is 403 g/mol. The van der Waals surface area contributed by atoms with Gasteiger partial charge in [-0.25, -0.2) is 4.39 Å². The van der Waals surface area contributed by atoms with Gasteiger partial charge in [0.25, 0.3) is 0 Å². The van der Waals surface area contributed by atoms with Gasteiger partial charge in [-0.2, -0.15) is 0 Å². The molecule has 4 nitrogen and oxygen atoms in total. The van der Waals surface area contributed by atoms with Crippen LogP contribution >= 0.6 is 0 Å². The monoisotopic (exact) mass is 432 g/mol. The number of nitrogens with zero attached hydrogens (tertiary/aromatic N) is 1. The average molecular weight is 433 g/mol. The Balaban J connectivity index is 1.96. The van der Waals surface area contributed by atoms with E-state index in [2.05, 4.69) is 5.32 Å². The summed E-state index contributed by atoms with van der Waals surface area (Å²) in [6.45, 7) is 4.04. The van der Waals surface area contributed by atoms with Crippen LogP contribution in [0, 0.1) is 19.7 Å². The first-order valence-electron chi connectivity index (χ1n) is 10.7. The van der Waals surface area contributed by atoms with Crippen LogP contribution in [0.25, 0.3) is 0 Å². The molecule has 0 aliphatic heterocycles. The normalized spacial score (nSPS) is 11.6. The molecule has 0 saturated carbocycles. The van der Waals surface area contributed by atoms with Crippen molar-refractivity contribution in [3.63, 3.8) is 0 Å². The van der Waals surface area contributed by atoms with E-state index in [4.69, 9.17) is 0 Å². The lowest BCUT2D eigenvalue weighted by Gasteiger charge is -2.31. The number of amides is 2. The molecule has 1 N–H and O–H groups in total. The molecule has 32 heavy (non-hydrogen) atoms. The maximum absolute atomic E-state index is 14.5. The Morgan fingerprint density at radius 2 is 1.59 bits per heavy atom. The maximum atomic E-state index is 14.5. The molecule has 0 aliphatic carbocycles. The molecule has 3 aromatic rings. The van der Waals surface area contributed by atoms with E-state index < -0.39 is 11.9 Å². The highest BCUT2D eigenvalue weighted by Crippen LogP contribution is 2.19. The number of hydrogen-bond acceptors (Lipinski definition) is 2. The smallest absolute Gasteiger partial charge is 0.242 e. The van der Waals surface area contributed by atoms with Crippen LogP contribution in [-0.2, 0) is 29.0 Å². The maximum Gasteiger partial charge on any atom is 0.242 e. The molecule has 0 fully saturated rings. The molecule has 0 aliphatic rings. The molecule has 5 heteroatoms. The Bertz CT molecular complexity index is 1080. The highest BCUT2D eigenvalue weighted by Gasteiger charge is 2.30. The van der Waals surface area contributed by atoms with Crippen molar-refractivity contribution >= 4 is 11.8 Å². The predicted octanol–water partition coefficient (Wildman–Crippen LogP) is 4.37. The Morgan fingerprint density at radius 3 is 2.25 bits per heavy atom. The molecule has 166 valence electrons. The van der Waals surface area contributed by atoms with E-state index in [1.807, 2.05) is 62.4 Å². The first kappa shape index (κ1) is 23.2. The number of carbonyl (C=O) groups is 2. The van der Waals surface area contributed by atoms with Gasteiger partial charge in [-0.3, -0.25) is 9.59 Å². The minimum absolute atomic E-state index is 0.0151. The summed E-state index contributed by atoms with van der Waals surface area (Å²) in [6.07, 6.45) is 0.478. The Kier molecular flexibility index (Phi) is 7.77. The lowest BCUT2D eigenvalue weighted by atomic mass is 10.00. The predicted molar refractivity (Wildman–Crippen MR) is 125 cm³/mol. The van der Waals surface area contributed by atoms with Crippen molar-refractivity contribution < 1.29 is 14.0 Å². The third-order valence-electron chi connectivity index (χ3n) is 5.74. The van der Waals surface area contributed by atoms with Gasteiger partial charge in [-0.05, 0) is 42.2 Å². The molecule has 0 saturated heterocycles. The highest BCUT2D eigenvalue weighted by molar-refractivity contribution is 5.88. The topological polar surface area (TPSA) is 49.4 Å². The van der Waals surface area contributed by atoms with Crippen LogP contribution in [0.4, 0.5) is 4.39 Å². The number of rotatable bonds is 8. The van der Waals surface area contributed by atoms with Gasteiger partial charge in [0.15, 0.2) is 0 Å². The third-order valence-corrected chi connectivity index (χ3v) is 5.74. The van der Waals surface area contributed by atoms with Crippen LogP contribution in [0.1, 0.15) is 27.8 Å². The number of likely N-dealkylation sites (N-methyl/N-ethyl adjacent to an activating group) is 1. The zero-order valence-corrected chi connectivity index (χ0v) is 18.8. The molecule has 0 heterocycles. The molecule has 0 spiro atoms. The third kappa shape index (κ3) is 5.82. The zero-order valence-electron chi connectivity index (χ0n) is 18.8. The zero-order chi connectivity index (χ0) is 23.1. The van der Waals surface area contributed by atoms with Gasteiger partial charge in [-0.1, -0.05) is 66.7 Å². The van der Waals surface area contributed by atoms with Crippen LogP contribution in [-0.4, -0.2) is 29.8 Å². The summed E-state index contributed by atoms with van der Waals surface area (Å²) in [5.74, 6) is -0.897. The van der Waals surface area contributed by atoms with Crippen LogP contribution < -0.4 is 5.32 Å². The Hall–Kier alpha value is -3.47. The number of nitrogens with one attached hydrogen (secondary N) is 1. The largest absolute Gasteiger partial charge is 0.357 e. The summed E-state index contributed by atoms with van der Waals surface area (Å²) in [5, 5.41) is 2.67. The van der Waals surface area contributed by atoms with Crippen LogP contribution in [0.2, 0.25) is 0 Å². The van der Waals surface area contributed by atoms with E-state index in [-0.39, 0.29) is 24.8 Å².